The third-order valence-electron chi connectivity index (χ3n) is 1.18. The van der Waals surface area contributed by atoms with E-state index in [4.69, 9.17) is 0 Å². The summed E-state index contributed by atoms with van der Waals surface area (Å²) in [6.07, 6.45) is -0.846. The lowest BCUT2D eigenvalue weighted by atomic mass is 10.3. The van der Waals surface area contributed by atoms with E-state index in [2.05, 4.69) is 4.98 Å². The molecular formula is C6H2F2I3N. The van der Waals surface area contributed by atoms with Gasteiger partial charge in [0.1, 0.15) is 3.70 Å². The summed E-state index contributed by atoms with van der Waals surface area (Å²) in [4.78, 5) is 3.86. The molecule has 0 unspecified atom stereocenters. The van der Waals surface area contributed by atoms with Crippen LogP contribution in [0.25, 0.3) is 0 Å². The summed E-state index contributed by atoms with van der Waals surface area (Å²) in [5.74, 6) is 0. The van der Waals surface area contributed by atoms with Gasteiger partial charge in [0.25, 0.3) is 6.43 Å². The van der Waals surface area contributed by atoms with E-state index in [-0.39, 0.29) is 5.56 Å². The molecule has 0 atom stereocenters. The van der Waals surface area contributed by atoms with E-state index >= 15 is 0 Å². The van der Waals surface area contributed by atoms with E-state index < -0.39 is 6.43 Å². The molecule has 1 rings (SSSR count). The van der Waals surface area contributed by atoms with Crippen molar-refractivity contribution in [2.75, 3.05) is 0 Å². The molecule has 0 aliphatic rings. The standard InChI is InChI=1S/C6H2F2I3N/c7-5(8)3-4(10)2(9)1-12-6(3)11/h1,5H. The van der Waals surface area contributed by atoms with Gasteiger partial charge in [-0.1, -0.05) is 0 Å². The van der Waals surface area contributed by atoms with Crippen LogP contribution in [-0.2, 0) is 0 Å². The summed E-state index contributed by atoms with van der Waals surface area (Å²) in [7, 11) is 0. The van der Waals surface area contributed by atoms with Crippen LogP contribution in [0.3, 0.4) is 0 Å². The second-order valence-electron chi connectivity index (χ2n) is 1.93. The minimum Gasteiger partial charge on any atom is -0.249 e. The molecule has 1 heterocycles. The minimum absolute atomic E-state index is 0.0445. The van der Waals surface area contributed by atoms with Crippen molar-refractivity contribution in [3.05, 3.63) is 22.6 Å². The molecule has 0 N–H and O–H groups in total. The van der Waals surface area contributed by atoms with Crippen LogP contribution in [0.5, 0.6) is 0 Å². The molecule has 12 heavy (non-hydrogen) atoms. The fourth-order valence-electron chi connectivity index (χ4n) is 0.645. The Balaban J connectivity index is 3.33. The van der Waals surface area contributed by atoms with E-state index in [9.17, 15) is 8.78 Å². The topological polar surface area (TPSA) is 12.9 Å². The first kappa shape index (κ1) is 11.3. The van der Waals surface area contributed by atoms with Gasteiger partial charge in [0.05, 0.1) is 5.56 Å². The first-order valence-electron chi connectivity index (χ1n) is 2.81. The molecule has 1 nitrogen and oxygen atoms in total. The average molecular weight is 507 g/mol. The highest BCUT2D eigenvalue weighted by Gasteiger charge is 2.18. The third-order valence-corrected chi connectivity index (χ3v) is 5.05. The molecule has 0 aliphatic carbocycles. The van der Waals surface area contributed by atoms with Crippen molar-refractivity contribution in [2.24, 2.45) is 0 Å². The highest BCUT2D eigenvalue weighted by atomic mass is 127. The van der Waals surface area contributed by atoms with Gasteiger partial charge >= 0.3 is 0 Å². The number of pyridine rings is 1. The predicted octanol–water partition coefficient (Wildman–Crippen LogP) is 3.83. The normalized spacial score (nSPS) is 10.8. The minimum atomic E-state index is -2.44. The zero-order valence-corrected chi connectivity index (χ0v) is 12.0. The number of rotatable bonds is 1. The van der Waals surface area contributed by atoms with Gasteiger partial charge < -0.3 is 0 Å². The first-order chi connectivity index (χ1) is 5.54. The largest absolute Gasteiger partial charge is 0.267 e. The summed E-state index contributed by atoms with van der Waals surface area (Å²) < 4.78 is 26.6. The smallest absolute Gasteiger partial charge is 0.249 e. The Hall–Kier alpha value is 1.20. The Labute approximate surface area is 109 Å². The Morgan fingerprint density at radius 1 is 1.25 bits per heavy atom. The molecule has 0 saturated carbocycles. The Bertz CT molecular complexity index is 303. The van der Waals surface area contributed by atoms with E-state index in [0.717, 1.165) is 3.57 Å². The van der Waals surface area contributed by atoms with Gasteiger partial charge in [-0.25, -0.2) is 13.8 Å². The highest BCUT2D eigenvalue weighted by Crippen LogP contribution is 2.30. The molecule has 6 heteroatoms. The SMILES string of the molecule is FC(F)c1c(I)ncc(I)c1I. The van der Waals surface area contributed by atoms with Crippen molar-refractivity contribution < 1.29 is 8.78 Å². The summed E-state index contributed by atoms with van der Waals surface area (Å²) >= 11 is 5.73. The Kier molecular flexibility index (Phi) is 4.34. The van der Waals surface area contributed by atoms with E-state index in [1.807, 2.05) is 67.8 Å². The molecule has 66 valence electrons. The molecule has 0 fully saturated rings. The van der Waals surface area contributed by atoms with Crippen molar-refractivity contribution in [3.63, 3.8) is 0 Å². The Morgan fingerprint density at radius 2 is 1.83 bits per heavy atom. The first-order valence-corrected chi connectivity index (χ1v) is 6.05. The number of nitrogens with zero attached hydrogens (tertiary/aromatic N) is 1. The molecule has 1 aromatic heterocycles. The molecular weight excluding hydrogens is 505 g/mol. The quantitative estimate of drug-likeness (QED) is 0.417. The monoisotopic (exact) mass is 507 g/mol. The molecule has 0 saturated heterocycles. The molecule has 0 aromatic carbocycles. The highest BCUT2D eigenvalue weighted by molar-refractivity contribution is 14.1. The summed E-state index contributed by atoms with van der Waals surface area (Å²) in [5.41, 5.74) is 0.0445. The van der Waals surface area contributed by atoms with E-state index in [1.165, 1.54) is 0 Å². The van der Waals surface area contributed by atoms with Crippen LogP contribution in [0.4, 0.5) is 8.78 Å². The van der Waals surface area contributed by atoms with E-state index in [0.29, 0.717) is 7.27 Å². The average Bonchev–Trinajstić information content (AvgIpc) is 1.97. The molecule has 0 spiro atoms. The zero-order valence-electron chi connectivity index (χ0n) is 5.49. The second kappa shape index (κ2) is 4.62. The maximum absolute atomic E-state index is 12.4. The van der Waals surface area contributed by atoms with Crippen LogP contribution in [0.2, 0.25) is 0 Å². The molecule has 0 radical (unpaired) electrons. The van der Waals surface area contributed by atoms with Gasteiger partial charge in [0.2, 0.25) is 0 Å². The van der Waals surface area contributed by atoms with Gasteiger partial charge in [-0.3, -0.25) is 0 Å². The van der Waals surface area contributed by atoms with Crippen molar-refractivity contribution in [2.45, 2.75) is 6.43 Å². The van der Waals surface area contributed by atoms with Crippen molar-refractivity contribution in [3.8, 4) is 0 Å². The van der Waals surface area contributed by atoms with Gasteiger partial charge in [0.15, 0.2) is 0 Å². The maximum atomic E-state index is 12.4. The summed E-state index contributed by atoms with van der Waals surface area (Å²) in [5, 5.41) is 0. The van der Waals surface area contributed by atoms with Gasteiger partial charge in [-0.2, -0.15) is 0 Å². The second-order valence-corrected chi connectivity index (χ2v) is 5.19. The fraction of sp³-hybridized carbons (Fsp3) is 0.167. The predicted molar refractivity (Wildman–Crippen MR) is 67.3 cm³/mol. The van der Waals surface area contributed by atoms with Crippen LogP contribution in [0, 0.1) is 10.8 Å². The van der Waals surface area contributed by atoms with Crippen LogP contribution < -0.4 is 0 Å². The number of hydrogen-bond acceptors (Lipinski definition) is 1. The van der Waals surface area contributed by atoms with Crippen molar-refractivity contribution in [1.82, 2.24) is 4.98 Å². The van der Waals surface area contributed by atoms with Crippen molar-refractivity contribution >= 4 is 67.8 Å². The molecule has 1 aromatic rings. The maximum Gasteiger partial charge on any atom is 0.267 e. The van der Waals surface area contributed by atoms with Crippen LogP contribution in [0.1, 0.15) is 12.0 Å². The van der Waals surface area contributed by atoms with Crippen molar-refractivity contribution in [1.29, 1.82) is 0 Å². The number of halogens is 5. The molecule has 0 aliphatic heterocycles. The zero-order chi connectivity index (χ0) is 9.30. The molecule has 0 bridgehead atoms. The lowest BCUT2D eigenvalue weighted by Gasteiger charge is -2.06. The van der Waals surface area contributed by atoms with Gasteiger partial charge in [0, 0.05) is 13.3 Å². The third kappa shape index (κ3) is 2.36. The van der Waals surface area contributed by atoms with E-state index in [1.54, 1.807) is 6.20 Å². The Morgan fingerprint density at radius 3 is 2.25 bits per heavy atom. The number of aromatic nitrogens is 1. The van der Waals surface area contributed by atoms with Crippen LogP contribution >= 0.6 is 67.8 Å². The summed E-state index contributed by atoms with van der Waals surface area (Å²) in [6, 6.07) is 0. The lowest BCUT2D eigenvalue weighted by Crippen LogP contribution is -1.99. The number of hydrogen-bond donors (Lipinski definition) is 0. The van der Waals surface area contributed by atoms with Gasteiger partial charge in [-0.15, -0.1) is 0 Å². The van der Waals surface area contributed by atoms with Crippen LogP contribution in [0.15, 0.2) is 6.20 Å². The molecule has 0 amide bonds. The lowest BCUT2D eigenvalue weighted by molar-refractivity contribution is 0.148. The summed E-state index contributed by atoms with van der Waals surface area (Å²) in [6.45, 7) is 0. The van der Waals surface area contributed by atoms with Crippen LogP contribution in [-0.4, -0.2) is 4.98 Å². The number of alkyl halides is 2. The fourth-order valence-corrected chi connectivity index (χ4v) is 2.86. The van der Waals surface area contributed by atoms with Gasteiger partial charge in [-0.05, 0) is 67.8 Å².